The van der Waals surface area contributed by atoms with Gasteiger partial charge in [-0.25, -0.2) is 4.79 Å². The van der Waals surface area contributed by atoms with Crippen molar-refractivity contribution in [3.63, 3.8) is 0 Å². The van der Waals surface area contributed by atoms with Crippen molar-refractivity contribution in [1.29, 1.82) is 0 Å². The normalized spacial score (nSPS) is 29.5. The van der Waals surface area contributed by atoms with Crippen LogP contribution in [0.15, 0.2) is 60.7 Å². The number of hydrogen-bond acceptors (Lipinski definition) is 7. The van der Waals surface area contributed by atoms with Crippen molar-refractivity contribution >= 4 is 34.9 Å². The lowest BCUT2D eigenvalue weighted by Gasteiger charge is -2.37. The Hall–Kier alpha value is -4.14. The zero-order valence-electron chi connectivity index (χ0n) is 18.4. The molecule has 35 heavy (non-hydrogen) atoms. The first-order chi connectivity index (χ1) is 16.8. The maximum atomic E-state index is 13.2. The lowest BCUT2D eigenvalue weighted by Crippen LogP contribution is -2.40. The number of carbonyl (C=O) groups is 4. The molecule has 176 valence electrons. The molecule has 9 nitrogen and oxygen atoms in total. The first-order valence-electron chi connectivity index (χ1n) is 11.5. The van der Waals surface area contributed by atoms with E-state index >= 15 is 0 Å². The molecule has 3 fully saturated rings. The first-order valence-corrected chi connectivity index (χ1v) is 11.5. The van der Waals surface area contributed by atoms with Gasteiger partial charge >= 0.3 is 5.97 Å². The van der Waals surface area contributed by atoms with Crippen molar-refractivity contribution in [3.05, 3.63) is 81.9 Å². The van der Waals surface area contributed by atoms with E-state index in [2.05, 4.69) is 12.2 Å². The zero-order chi connectivity index (χ0) is 24.4. The Morgan fingerprint density at radius 3 is 2.17 bits per heavy atom. The number of non-ortho nitro benzene ring substituents is 1. The summed E-state index contributed by atoms with van der Waals surface area (Å²) in [5.74, 6) is -0.985. The van der Waals surface area contributed by atoms with Gasteiger partial charge in [0.05, 0.1) is 28.0 Å². The standard InChI is InChI=1S/C26H20N2O7/c29-21(14-2-1-3-16(10-14)28(33)34)12-35-26(32)13-4-6-15(7-5-13)27-24(30)22-17-8-9-18(20-11-19(17)20)23(22)25(27)31/h1-10,17-20,22-23H,11-12H2/t17-,18-,19-,20+,22-,23+/m0/s1. The Morgan fingerprint density at radius 2 is 1.57 bits per heavy atom. The van der Waals surface area contributed by atoms with Crippen LogP contribution in [0.4, 0.5) is 11.4 Å². The molecule has 2 saturated carbocycles. The summed E-state index contributed by atoms with van der Waals surface area (Å²) < 4.78 is 5.07. The summed E-state index contributed by atoms with van der Waals surface area (Å²) in [7, 11) is 0. The van der Waals surface area contributed by atoms with E-state index in [0.29, 0.717) is 17.5 Å². The maximum absolute atomic E-state index is 13.2. The molecule has 1 aliphatic heterocycles. The van der Waals surface area contributed by atoms with Gasteiger partial charge < -0.3 is 4.74 Å². The third-order valence-electron chi connectivity index (χ3n) is 7.74. The quantitative estimate of drug-likeness (QED) is 0.158. The van der Waals surface area contributed by atoms with Crippen molar-refractivity contribution in [2.45, 2.75) is 6.42 Å². The van der Waals surface area contributed by atoms with E-state index < -0.39 is 23.3 Å². The molecule has 9 heteroatoms. The van der Waals surface area contributed by atoms with Gasteiger partial charge in [0.1, 0.15) is 0 Å². The molecule has 5 aliphatic rings. The number of benzene rings is 2. The van der Waals surface area contributed by atoms with Gasteiger partial charge in [0.25, 0.3) is 5.69 Å². The lowest BCUT2D eigenvalue weighted by molar-refractivity contribution is -0.384. The molecule has 0 spiro atoms. The summed E-state index contributed by atoms with van der Waals surface area (Å²) in [6, 6.07) is 11.1. The maximum Gasteiger partial charge on any atom is 0.338 e. The van der Waals surface area contributed by atoms with Crippen LogP contribution in [0, 0.1) is 45.6 Å². The van der Waals surface area contributed by atoms with Crippen molar-refractivity contribution in [3.8, 4) is 0 Å². The van der Waals surface area contributed by atoms with Gasteiger partial charge in [0.15, 0.2) is 6.61 Å². The lowest BCUT2D eigenvalue weighted by atomic mass is 9.63. The van der Waals surface area contributed by atoms with Crippen LogP contribution in [-0.2, 0) is 14.3 Å². The number of esters is 1. The van der Waals surface area contributed by atoms with Gasteiger partial charge in [-0.05, 0) is 54.4 Å². The van der Waals surface area contributed by atoms with Crippen LogP contribution in [0.1, 0.15) is 27.1 Å². The minimum absolute atomic E-state index is 0.0657. The van der Waals surface area contributed by atoms with Crippen molar-refractivity contribution in [1.82, 2.24) is 0 Å². The summed E-state index contributed by atoms with van der Waals surface area (Å²) in [4.78, 5) is 62.6. The Bertz CT molecular complexity index is 1300. The van der Waals surface area contributed by atoms with Crippen molar-refractivity contribution in [2.24, 2.45) is 35.5 Å². The average molecular weight is 472 g/mol. The predicted octanol–water partition coefficient (Wildman–Crippen LogP) is 3.19. The number of amides is 2. The van der Waals surface area contributed by atoms with Gasteiger partial charge in [-0.2, -0.15) is 0 Å². The Balaban J connectivity index is 1.13. The number of hydrogen-bond donors (Lipinski definition) is 0. The second kappa shape index (κ2) is 7.69. The molecule has 0 unspecified atom stereocenters. The number of carbonyl (C=O) groups excluding carboxylic acids is 4. The molecule has 1 saturated heterocycles. The second-order valence-electron chi connectivity index (χ2n) is 9.52. The highest BCUT2D eigenvalue weighted by molar-refractivity contribution is 6.22. The Kier molecular flexibility index (Phi) is 4.70. The van der Waals surface area contributed by atoms with Crippen LogP contribution >= 0.6 is 0 Å². The first kappa shape index (κ1) is 21.4. The number of anilines is 1. The van der Waals surface area contributed by atoms with Gasteiger partial charge in [-0.3, -0.25) is 29.4 Å². The van der Waals surface area contributed by atoms with E-state index in [0.717, 1.165) is 12.5 Å². The van der Waals surface area contributed by atoms with Crippen LogP contribution in [-0.4, -0.2) is 35.1 Å². The predicted molar refractivity (Wildman–Crippen MR) is 121 cm³/mol. The third kappa shape index (κ3) is 3.30. The van der Waals surface area contributed by atoms with E-state index in [1.165, 1.54) is 47.4 Å². The molecule has 6 atom stereocenters. The SMILES string of the molecule is O=C(COC(=O)c1ccc(N2C(=O)[C@@H]3[C@H]4C=C[C@@H]([C@@H]5C[C@H]45)[C@@H]3C2=O)cc1)c1cccc([N+](=O)[O-])c1. The number of Topliss-reactive ketones (excluding diaryl/α,β-unsaturated/α-hetero) is 1. The fourth-order valence-corrected chi connectivity index (χ4v) is 6.05. The van der Waals surface area contributed by atoms with Crippen LogP contribution in [0.3, 0.4) is 0 Å². The molecular formula is C26H20N2O7. The number of ketones is 1. The molecular weight excluding hydrogens is 452 g/mol. The zero-order valence-corrected chi connectivity index (χ0v) is 18.4. The molecule has 7 rings (SSSR count). The van der Waals surface area contributed by atoms with Crippen molar-refractivity contribution < 1.29 is 28.8 Å². The molecule has 2 bridgehead atoms. The van der Waals surface area contributed by atoms with E-state index in [9.17, 15) is 29.3 Å². The molecule has 0 aromatic heterocycles. The highest BCUT2D eigenvalue weighted by Gasteiger charge is 2.67. The number of ether oxygens (including phenoxy) is 1. The van der Waals surface area contributed by atoms with E-state index in [1.54, 1.807) is 0 Å². The molecule has 2 aromatic carbocycles. The van der Waals surface area contributed by atoms with Crippen LogP contribution in [0.5, 0.6) is 0 Å². The molecule has 0 radical (unpaired) electrons. The number of nitro benzene ring substituents is 1. The van der Waals surface area contributed by atoms with Gasteiger partial charge in [0, 0.05) is 17.7 Å². The molecule has 1 heterocycles. The highest BCUT2D eigenvalue weighted by Crippen LogP contribution is 2.65. The number of allylic oxidation sites excluding steroid dienone is 2. The summed E-state index contributed by atoms with van der Waals surface area (Å²) in [6.45, 7) is -0.577. The van der Waals surface area contributed by atoms with Crippen LogP contribution in [0.2, 0.25) is 0 Å². The smallest absolute Gasteiger partial charge is 0.338 e. The Morgan fingerprint density at radius 1 is 0.943 bits per heavy atom. The minimum atomic E-state index is -0.759. The monoisotopic (exact) mass is 472 g/mol. The van der Waals surface area contributed by atoms with Gasteiger partial charge in [-0.1, -0.05) is 24.3 Å². The molecule has 2 amide bonds. The molecule has 4 aliphatic carbocycles. The fourth-order valence-electron chi connectivity index (χ4n) is 6.05. The third-order valence-corrected chi connectivity index (χ3v) is 7.74. The fraction of sp³-hybridized carbons (Fsp3) is 0.308. The topological polar surface area (TPSA) is 124 Å². The molecule has 2 aromatic rings. The average Bonchev–Trinajstić information content (AvgIpc) is 3.65. The number of nitro groups is 1. The summed E-state index contributed by atoms with van der Waals surface area (Å²) in [6.07, 6.45) is 5.32. The number of imide groups is 1. The van der Waals surface area contributed by atoms with Gasteiger partial charge in [0.2, 0.25) is 17.6 Å². The van der Waals surface area contributed by atoms with E-state index in [4.69, 9.17) is 4.74 Å². The Labute approximate surface area is 199 Å². The largest absolute Gasteiger partial charge is 0.454 e. The summed E-state index contributed by atoms with van der Waals surface area (Å²) >= 11 is 0. The summed E-state index contributed by atoms with van der Waals surface area (Å²) in [5, 5.41) is 10.9. The van der Waals surface area contributed by atoms with Crippen molar-refractivity contribution in [2.75, 3.05) is 11.5 Å². The minimum Gasteiger partial charge on any atom is -0.454 e. The molecule has 0 N–H and O–H groups in total. The summed E-state index contributed by atoms with van der Waals surface area (Å²) in [5.41, 5.74) is 0.396. The highest BCUT2D eigenvalue weighted by atomic mass is 16.6. The van der Waals surface area contributed by atoms with Gasteiger partial charge in [-0.15, -0.1) is 0 Å². The van der Waals surface area contributed by atoms with E-state index in [1.807, 2.05) is 0 Å². The van der Waals surface area contributed by atoms with Crippen LogP contribution in [0.25, 0.3) is 0 Å². The second-order valence-corrected chi connectivity index (χ2v) is 9.52. The van der Waals surface area contributed by atoms with Crippen LogP contribution < -0.4 is 4.90 Å². The van der Waals surface area contributed by atoms with E-state index in [-0.39, 0.29) is 52.3 Å². The number of rotatable bonds is 6. The number of nitrogens with zero attached hydrogens (tertiary/aromatic N) is 2.